The van der Waals surface area contributed by atoms with Gasteiger partial charge in [-0.05, 0) is 37.6 Å². The zero-order chi connectivity index (χ0) is 15.2. The average Bonchev–Trinajstić information content (AvgIpc) is 2.49. The monoisotopic (exact) mass is 325 g/mol. The van der Waals surface area contributed by atoms with Crippen LogP contribution in [0.1, 0.15) is 19.3 Å². The number of amides is 1. The van der Waals surface area contributed by atoms with Gasteiger partial charge in [0.05, 0.1) is 22.0 Å². The molecule has 0 aliphatic carbocycles. The molecule has 0 radical (unpaired) electrons. The second-order valence-electron chi connectivity index (χ2n) is 5.17. The van der Waals surface area contributed by atoms with Gasteiger partial charge in [0, 0.05) is 25.2 Å². The molecule has 1 heterocycles. The fraction of sp³-hybridized carbons (Fsp3) is 0.467. The third-order valence-corrected chi connectivity index (χ3v) is 4.34. The molecular formula is C15H17Cl2N3O. The van der Waals surface area contributed by atoms with Crippen molar-refractivity contribution in [2.75, 3.05) is 25.0 Å². The van der Waals surface area contributed by atoms with E-state index in [-0.39, 0.29) is 11.8 Å². The van der Waals surface area contributed by atoms with Gasteiger partial charge in [-0.3, -0.25) is 4.79 Å². The molecule has 6 heteroatoms. The molecule has 1 atom stereocenters. The van der Waals surface area contributed by atoms with Crippen molar-refractivity contribution in [1.82, 2.24) is 4.90 Å². The summed E-state index contributed by atoms with van der Waals surface area (Å²) in [6.07, 6.45) is 2.35. The fourth-order valence-corrected chi connectivity index (χ4v) is 2.80. The van der Waals surface area contributed by atoms with Crippen molar-refractivity contribution in [3.05, 3.63) is 28.2 Å². The highest BCUT2D eigenvalue weighted by atomic mass is 35.5. The highest BCUT2D eigenvalue weighted by Gasteiger charge is 2.25. The second kappa shape index (κ2) is 7.65. The summed E-state index contributed by atoms with van der Waals surface area (Å²) < 4.78 is 0. The number of hydrogen-bond donors (Lipinski definition) is 1. The molecule has 1 amide bonds. The van der Waals surface area contributed by atoms with Gasteiger partial charge in [0.2, 0.25) is 5.91 Å². The van der Waals surface area contributed by atoms with Gasteiger partial charge in [-0.25, -0.2) is 0 Å². The lowest BCUT2D eigenvalue weighted by Crippen LogP contribution is -2.41. The van der Waals surface area contributed by atoms with Gasteiger partial charge in [-0.2, -0.15) is 5.26 Å². The summed E-state index contributed by atoms with van der Waals surface area (Å²) in [4.78, 5) is 14.5. The van der Waals surface area contributed by atoms with Crippen LogP contribution >= 0.6 is 23.2 Å². The summed E-state index contributed by atoms with van der Waals surface area (Å²) in [6.45, 7) is 2.39. The molecule has 1 unspecified atom stereocenters. The molecule has 0 saturated carbocycles. The molecule has 1 aromatic rings. The maximum absolute atomic E-state index is 12.3. The van der Waals surface area contributed by atoms with Crippen LogP contribution in [0.4, 0.5) is 5.69 Å². The van der Waals surface area contributed by atoms with Gasteiger partial charge in [0.1, 0.15) is 0 Å². The van der Waals surface area contributed by atoms with E-state index in [1.54, 1.807) is 18.2 Å². The summed E-state index contributed by atoms with van der Waals surface area (Å²) in [5, 5.41) is 12.4. The number of anilines is 1. The molecule has 0 bridgehead atoms. The third kappa shape index (κ3) is 4.60. The van der Waals surface area contributed by atoms with E-state index in [4.69, 9.17) is 28.5 Å². The Labute approximate surface area is 134 Å². The van der Waals surface area contributed by atoms with Crippen molar-refractivity contribution in [1.29, 1.82) is 5.26 Å². The maximum atomic E-state index is 12.3. The zero-order valence-electron chi connectivity index (χ0n) is 11.6. The molecular weight excluding hydrogens is 309 g/mol. The number of likely N-dealkylation sites (tertiary alicyclic amines) is 1. The van der Waals surface area contributed by atoms with Crippen molar-refractivity contribution in [2.24, 2.45) is 5.92 Å². The standard InChI is InChI=1S/C15H17Cl2N3O/c16-13-5-4-12(9-14(13)17)19-15(21)11-3-1-7-20(10-11)8-2-6-18/h4-5,9,11H,1-3,7-8,10H2,(H,19,21). The number of rotatable bonds is 4. The first kappa shape index (κ1) is 16.1. The SMILES string of the molecule is N#CCCN1CCCC(C(=O)Nc2ccc(Cl)c(Cl)c2)C1. The lowest BCUT2D eigenvalue weighted by atomic mass is 9.97. The minimum Gasteiger partial charge on any atom is -0.326 e. The van der Waals surface area contributed by atoms with Crippen LogP contribution in [0.25, 0.3) is 0 Å². The van der Waals surface area contributed by atoms with E-state index < -0.39 is 0 Å². The first-order chi connectivity index (χ1) is 10.1. The first-order valence-electron chi connectivity index (χ1n) is 6.95. The van der Waals surface area contributed by atoms with Gasteiger partial charge in [-0.15, -0.1) is 0 Å². The van der Waals surface area contributed by atoms with Gasteiger partial charge in [-0.1, -0.05) is 23.2 Å². The van der Waals surface area contributed by atoms with E-state index in [0.717, 1.165) is 25.9 Å². The molecule has 1 aromatic carbocycles. The number of carbonyl (C=O) groups is 1. The van der Waals surface area contributed by atoms with Crippen LogP contribution in [-0.4, -0.2) is 30.4 Å². The fourth-order valence-electron chi connectivity index (χ4n) is 2.50. The molecule has 4 nitrogen and oxygen atoms in total. The van der Waals surface area contributed by atoms with Gasteiger partial charge in [0.25, 0.3) is 0 Å². The highest BCUT2D eigenvalue weighted by molar-refractivity contribution is 6.42. The lowest BCUT2D eigenvalue weighted by molar-refractivity contribution is -0.121. The summed E-state index contributed by atoms with van der Waals surface area (Å²) in [5.74, 6) is -0.0538. The molecule has 2 rings (SSSR count). The quantitative estimate of drug-likeness (QED) is 0.920. The Morgan fingerprint density at radius 1 is 1.43 bits per heavy atom. The molecule has 112 valence electrons. The molecule has 1 fully saturated rings. The molecule has 1 saturated heterocycles. The number of halogens is 2. The third-order valence-electron chi connectivity index (χ3n) is 3.60. The first-order valence-corrected chi connectivity index (χ1v) is 7.71. The van der Waals surface area contributed by atoms with Gasteiger partial charge >= 0.3 is 0 Å². The normalized spacial score (nSPS) is 19.0. The summed E-state index contributed by atoms with van der Waals surface area (Å²) in [7, 11) is 0. The summed E-state index contributed by atoms with van der Waals surface area (Å²) >= 11 is 11.8. The predicted molar refractivity (Wildman–Crippen MR) is 84.5 cm³/mol. The summed E-state index contributed by atoms with van der Waals surface area (Å²) in [6, 6.07) is 7.20. The Morgan fingerprint density at radius 2 is 2.24 bits per heavy atom. The van der Waals surface area contributed by atoms with Gasteiger partial charge in [0.15, 0.2) is 0 Å². The number of carbonyl (C=O) groups excluding carboxylic acids is 1. The average molecular weight is 326 g/mol. The number of hydrogen-bond acceptors (Lipinski definition) is 3. The highest BCUT2D eigenvalue weighted by Crippen LogP contribution is 2.26. The molecule has 21 heavy (non-hydrogen) atoms. The van der Waals surface area contributed by atoms with Crippen LogP contribution < -0.4 is 5.32 Å². The molecule has 1 N–H and O–H groups in total. The van der Waals surface area contributed by atoms with Crippen molar-refractivity contribution in [3.8, 4) is 6.07 Å². The Balaban J connectivity index is 1.93. The van der Waals surface area contributed by atoms with E-state index in [2.05, 4.69) is 16.3 Å². The molecule has 1 aliphatic heterocycles. The lowest BCUT2D eigenvalue weighted by Gasteiger charge is -2.31. The number of nitrogens with one attached hydrogen (secondary N) is 1. The van der Waals surface area contributed by atoms with Crippen LogP contribution in [-0.2, 0) is 4.79 Å². The summed E-state index contributed by atoms with van der Waals surface area (Å²) in [5.41, 5.74) is 0.656. The number of piperidine rings is 1. The molecule has 0 spiro atoms. The molecule has 0 aromatic heterocycles. The largest absolute Gasteiger partial charge is 0.326 e. The van der Waals surface area contributed by atoms with Gasteiger partial charge < -0.3 is 10.2 Å². The van der Waals surface area contributed by atoms with E-state index in [0.29, 0.717) is 28.7 Å². The minimum atomic E-state index is -0.0492. The van der Waals surface area contributed by atoms with E-state index >= 15 is 0 Å². The Bertz CT molecular complexity index is 556. The number of nitriles is 1. The zero-order valence-corrected chi connectivity index (χ0v) is 13.1. The van der Waals surface area contributed by atoms with E-state index in [1.165, 1.54) is 0 Å². The van der Waals surface area contributed by atoms with Crippen molar-refractivity contribution in [2.45, 2.75) is 19.3 Å². The Kier molecular flexibility index (Phi) is 5.86. The Hall–Kier alpha value is -1.28. The minimum absolute atomic E-state index is 0.00459. The predicted octanol–water partition coefficient (Wildman–Crippen LogP) is 3.56. The topological polar surface area (TPSA) is 56.1 Å². The maximum Gasteiger partial charge on any atom is 0.228 e. The van der Waals surface area contributed by atoms with Crippen LogP contribution in [0.3, 0.4) is 0 Å². The van der Waals surface area contributed by atoms with Crippen LogP contribution in [0.15, 0.2) is 18.2 Å². The number of benzene rings is 1. The number of nitrogens with zero attached hydrogens (tertiary/aromatic N) is 2. The van der Waals surface area contributed by atoms with Crippen LogP contribution in [0.2, 0.25) is 10.0 Å². The second-order valence-corrected chi connectivity index (χ2v) is 5.98. The van der Waals surface area contributed by atoms with Crippen molar-refractivity contribution in [3.63, 3.8) is 0 Å². The van der Waals surface area contributed by atoms with Crippen molar-refractivity contribution < 1.29 is 4.79 Å². The smallest absolute Gasteiger partial charge is 0.228 e. The molecule has 1 aliphatic rings. The van der Waals surface area contributed by atoms with Crippen LogP contribution in [0, 0.1) is 17.2 Å². The van der Waals surface area contributed by atoms with Crippen LogP contribution in [0.5, 0.6) is 0 Å². The van der Waals surface area contributed by atoms with E-state index in [9.17, 15) is 4.79 Å². The van der Waals surface area contributed by atoms with E-state index in [1.807, 2.05) is 0 Å². The Morgan fingerprint density at radius 3 is 2.95 bits per heavy atom. The van der Waals surface area contributed by atoms with Crippen molar-refractivity contribution >= 4 is 34.8 Å².